The highest BCUT2D eigenvalue weighted by atomic mass is 16.4. The molecular formula is C12H18N2O4. The first-order valence-corrected chi connectivity index (χ1v) is 5.65. The molecule has 1 amide bonds. The van der Waals surface area contributed by atoms with Gasteiger partial charge in [-0.25, -0.2) is 4.79 Å². The number of carbonyl (C=O) groups is 2. The van der Waals surface area contributed by atoms with Gasteiger partial charge in [0.05, 0.1) is 6.54 Å². The molecule has 1 aromatic heterocycles. The van der Waals surface area contributed by atoms with Crippen molar-refractivity contribution in [2.24, 2.45) is 0 Å². The van der Waals surface area contributed by atoms with Crippen molar-refractivity contribution in [1.82, 2.24) is 10.2 Å². The fourth-order valence-electron chi connectivity index (χ4n) is 1.60. The number of hydrogen-bond acceptors (Lipinski definition) is 4. The number of carboxylic acids is 1. The second-order valence-electron chi connectivity index (χ2n) is 4.19. The molecule has 1 heterocycles. The van der Waals surface area contributed by atoms with Crippen molar-refractivity contribution in [2.75, 3.05) is 20.6 Å². The van der Waals surface area contributed by atoms with Crippen molar-refractivity contribution < 1.29 is 19.1 Å². The molecule has 0 aliphatic rings. The molecule has 0 radical (unpaired) electrons. The minimum Gasteiger partial charge on any atom is -0.475 e. The summed E-state index contributed by atoms with van der Waals surface area (Å²) in [4.78, 5) is 23.8. The first-order chi connectivity index (χ1) is 8.43. The lowest BCUT2D eigenvalue weighted by molar-refractivity contribution is -0.120. The number of nitrogens with one attached hydrogen (secondary N) is 1. The summed E-state index contributed by atoms with van der Waals surface area (Å²) in [5, 5.41) is 11.4. The van der Waals surface area contributed by atoms with E-state index in [1.54, 1.807) is 20.0 Å². The molecule has 6 nitrogen and oxygen atoms in total. The predicted molar refractivity (Wildman–Crippen MR) is 65.4 cm³/mol. The Balaban J connectivity index is 2.54. The number of carboxylic acid groups (broad SMARTS) is 1. The van der Waals surface area contributed by atoms with E-state index in [0.29, 0.717) is 30.8 Å². The number of aryl methyl sites for hydroxylation is 1. The summed E-state index contributed by atoms with van der Waals surface area (Å²) in [6.07, 6.45) is 0.401. The molecular weight excluding hydrogens is 236 g/mol. The third-order valence-electron chi connectivity index (χ3n) is 2.59. The number of carbonyl (C=O) groups excluding carboxylic acids is 1. The number of amides is 1. The quantitative estimate of drug-likeness (QED) is 0.786. The monoisotopic (exact) mass is 254 g/mol. The van der Waals surface area contributed by atoms with Gasteiger partial charge in [0.2, 0.25) is 11.7 Å². The summed E-state index contributed by atoms with van der Waals surface area (Å²) in [5.41, 5.74) is 0.609. The van der Waals surface area contributed by atoms with E-state index in [1.165, 1.54) is 0 Å². The van der Waals surface area contributed by atoms with Crippen LogP contribution in [0.2, 0.25) is 0 Å². The van der Waals surface area contributed by atoms with E-state index in [2.05, 4.69) is 5.32 Å². The molecule has 1 aromatic rings. The van der Waals surface area contributed by atoms with Crippen LogP contribution in [-0.2, 0) is 11.3 Å². The Bertz CT molecular complexity index is 439. The van der Waals surface area contributed by atoms with Crippen LogP contribution in [0.3, 0.4) is 0 Å². The maximum absolute atomic E-state index is 11.1. The second kappa shape index (κ2) is 6.20. The lowest BCUT2D eigenvalue weighted by Gasteiger charge is -2.13. The molecule has 0 aliphatic carbocycles. The summed E-state index contributed by atoms with van der Waals surface area (Å²) in [5.74, 6) is -0.524. The Hall–Kier alpha value is -1.82. The van der Waals surface area contributed by atoms with Gasteiger partial charge in [0.25, 0.3) is 0 Å². The van der Waals surface area contributed by atoms with E-state index < -0.39 is 5.97 Å². The third kappa shape index (κ3) is 3.89. The maximum Gasteiger partial charge on any atom is 0.372 e. The average Bonchev–Trinajstić information content (AvgIpc) is 2.67. The molecule has 0 saturated carbocycles. The number of nitrogens with zero attached hydrogens (tertiary/aromatic N) is 1. The second-order valence-corrected chi connectivity index (χ2v) is 4.19. The highest BCUT2D eigenvalue weighted by Gasteiger charge is 2.15. The Morgan fingerprint density at radius 1 is 1.50 bits per heavy atom. The van der Waals surface area contributed by atoms with Crippen LogP contribution in [0.4, 0.5) is 0 Å². The third-order valence-corrected chi connectivity index (χ3v) is 2.59. The lowest BCUT2D eigenvalue weighted by Crippen LogP contribution is -2.26. The van der Waals surface area contributed by atoms with E-state index in [4.69, 9.17) is 9.52 Å². The standard InChI is InChI=1S/C12H18N2O4/c1-8-6-9(18-11(8)12(16)17)7-14(3)5-4-10(15)13-2/h6H,4-5,7H2,1-3H3,(H,13,15)(H,16,17). The van der Waals surface area contributed by atoms with Crippen molar-refractivity contribution in [3.63, 3.8) is 0 Å². The van der Waals surface area contributed by atoms with Crippen LogP contribution >= 0.6 is 0 Å². The molecule has 0 bridgehead atoms. The summed E-state index contributed by atoms with van der Waals surface area (Å²) >= 11 is 0. The van der Waals surface area contributed by atoms with E-state index in [-0.39, 0.29) is 11.7 Å². The summed E-state index contributed by atoms with van der Waals surface area (Å²) in [6, 6.07) is 1.71. The van der Waals surface area contributed by atoms with Crippen LogP contribution in [0.5, 0.6) is 0 Å². The summed E-state index contributed by atoms with van der Waals surface area (Å²) < 4.78 is 5.24. The minimum atomic E-state index is -1.06. The van der Waals surface area contributed by atoms with Crippen molar-refractivity contribution in [3.05, 3.63) is 23.2 Å². The van der Waals surface area contributed by atoms with Gasteiger partial charge in [-0.15, -0.1) is 0 Å². The van der Waals surface area contributed by atoms with Gasteiger partial charge in [0.1, 0.15) is 5.76 Å². The Morgan fingerprint density at radius 2 is 2.17 bits per heavy atom. The summed E-state index contributed by atoms with van der Waals surface area (Å²) in [6.45, 7) is 2.76. The van der Waals surface area contributed by atoms with Gasteiger partial charge in [0, 0.05) is 25.6 Å². The van der Waals surface area contributed by atoms with Crippen molar-refractivity contribution >= 4 is 11.9 Å². The molecule has 100 valence electrons. The molecule has 2 N–H and O–H groups in total. The highest BCUT2D eigenvalue weighted by molar-refractivity contribution is 5.86. The van der Waals surface area contributed by atoms with Gasteiger partial charge < -0.3 is 14.8 Å². The molecule has 0 unspecified atom stereocenters. The molecule has 6 heteroatoms. The smallest absolute Gasteiger partial charge is 0.372 e. The fraction of sp³-hybridized carbons (Fsp3) is 0.500. The van der Waals surface area contributed by atoms with Crippen LogP contribution in [0.1, 0.15) is 28.3 Å². The fourth-order valence-corrected chi connectivity index (χ4v) is 1.60. The van der Waals surface area contributed by atoms with E-state index in [0.717, 1.165) is 0 Å². The predicted octanol–water partition coefficient (Wildman–Crippen LogP) is 0.854. The van der Waals surface area contributed by atoms with Crippen LogP contribution in [-0.4, -0.2) is 42.5 Å². The summed E-state index contributed by atoms with van der Waals surface area (Å²) in [7, 11) is 3.44. The van der Waals surface area contributed by atoms with Crippen LogP contribution in [0.25, 0.3) is 0 Å². The van der Waals surface area contributed by atoms with Gasteiger partial charge in [-0.3, -0.25) is 9.69 Å². The topological polar surface area (TPSA) is 82.8 Å². The molecule has 0 atom stereocenters. The zero-order valence-corrected chi connectivity index (χ0v) is 10.8. The van der Waals surface area contributed by atoms with Crippen LogP contribution in [0.15, 0.2) is 10.5 Å². The molecule has 0 saturated heterocycles. The highest BCUT2D eigenvalue weighted by Crippen LogP contribution is 2.15. The molecule has 0 aromatic carbocycles. The molecule has 0 aliphatic heterocycles. The Kier molecular flexibility index (Phi) is 4.91. The molecule has 18 heavy (non-hydrogen) atoms. The molecule has 0 fully saturated rings. The lowest BCUT2D eigenvalue weighted by atomic mass is 10.2. The zero-order chi connectivity index (χ0) is 13.7. The van der Waals surface area contributed by atoms with Crippen molar-refractivity contribution in [3.8, 4) is 0 Å². The van der Waals surface area contributed by atoms with Crippen LogP contribution in [0, 0.1) is 6.92 Å². The number of rotatable bonds is 6. The maximum atomic E-state index is 11.1. The first kappa shape index (κ1) is 14.2. The normalized spacial score (nSPS) is 10.7. The van der Waals surface area contributed by atoms with Crippen molar-refractivity contribution in [2.45, 2.75) is 19.9 Å². The SMILES string of the molecule is CNC(=O)CCN(C)Cc1cc(C)c(C(=O)O)o1. The van der Waals surface area contributed by atoms with E-state index >= 15 is 0 Å². The van der Waals surface area contributed by atoms with Gasteiger partial charge in [0.15, 0.2) is 0 Å². The number of aromatic carboxylic acids is 1. The van der Waals surface area contributed by atoms with Gasteiger partial charge in [-0.2, -0.15) is 0 Å². The Labute approximate surface area is 106 Å². The minimum absolute atomic E-state index is 0.0234. The average molecular weight is 254 g/mol. The van der Waals surface area contributed by atoms with Gasteiger partial charge in [-0.05, 0) is 20.0 Å². The first-order valence-electron chi connectivity index (χ1n) is 5.65. The zero-order valence-electron chi connectivity index (χ0n) is 10.8. The van der Waals surface area contributed by atoms with Gasteiger partial charge in [-0.1, -0.05) is 0 Å². The largest absolute Gasteiger partial charge is 0.475 e. The van der Waals surface area contributed by atoms with E-state index in [1.807, 2.05) is 11.9 Å². The number of furan rings is 1. The van der Waals surface area contributed by atoms with Gasteiger partial charge >= 0.3 is 5.97 Å². The van der Waals surface area contributed by atoms with Crippen molar-refractivity contribution in [1.29, 1.82) is 0 Å². The Morgan fingerprint density at radius 3 is 2.67 bits per heavy atom. The van der Waals surface area contributed by atoms with Crippen LogP contribution < -0.4 is 5.32 Å². The number of hydrogen-bond donors (Lipinski definition) is 2. The van der Waals surface area contributed by atoms with E-state index in [9.17, 15) is 9.59 Å². The molecule has 0 spiro atoms. The molecule has 1 rings (SSSR count).